The van der Waals surface area contributed by atoms with Crippen LogP contribution in [0.5, 0.6) is 0 Å². The highest BCUT2D eigenvalue weighted by Gasteiger charge is 2.17. The minimum atomic E-state index is 0.285. The van der Waals surface area contributed by atoms with Gasteiger partial charge in [-0.15, -0.1) is 0 Å². The summed E-state index contributed by atoms with van der Waals surface area (Å²) in [5, 5.41) is 3.41. The number of hydrogen-bond donors (Lipinski definition) is 3. The normalized spacial score (nSPS) is 11.9. The molecule has 0 spiro atoms. The molecular formula is C16H26N4. The lowest BCUT2D eigenvalue weighted by molar-refractivity contribution is 0.342. The number of hydrogen-bond acceptors (Lipinski definition) is 3. The van der Waals surface area contributed by atoms with E-state index < -0.39 is 0 Å². The molecule has 0 saturated carbocycles. The van der Waals surface area contributed by atoms with Gasteiger partial charge < -0.3 is 16.0 Å². The molecule has 2 aromatic rings. The fourth-order valence-corrected chi connectivity index (χ4v) is 2.38. The minimum Gasteiger partial charge on any atom is -0.399 e. The molecular weight excluding hydrogens is 248 g/mol. The number of H-pyrrole nitrogens is 1. The molecule has 0 bridgehead atoms. The van der Waals surface area contributed by atoms with E-state index in [4.69, 9.17) is 5.73 Å². The van der Waals surface area contributed by atoms with Crippen molar-refractivity contribution in [3.05, 3.63) is 18.2 Å². The largest absolute Gasteiger partial charge is 0.399 e. The molecule has 4 heteroatoms. The molecule has 0 saturated heterocycles. The lowest BCUT2D eigenvalue weighted by atomic mass is 9.87. The highest BCUT2D eigenvalue weighted by molar-refractivity contribution is 5.80. The van der Waals surface area contributed by atoms with Crippen LogP contribution >= 0.6 is 0 Å². The number of fused-ring (bicyclic) bond motifs is 1. The van der Waals surface area contributed by atoms with Crippen LogP contribution in [0.4, 0.5) is 11.6 Å². The SMILES string of the molecule is CCCCCC(C)(C)CNc1nc2ccc(N)cc2[nH]1. The molecule has 4 N–H and O–H groups in total. The monoisotopic (exact) mass is 274 g/mol. The van der Waals surface area contributed by atoms with Gasteiger partial charge in [-0.05, 0) is 30.0 Å². The highest BCUT2D eigenvalue weighted by Crippen LogP contribution is 2.24. The van der Waals surface area contributed by atoms with Gasteiger partial charge in [0.2, 0.25) is 5.95 Å². The topological polar surface area (TPSA) is 66.7 Å². The smallest absolute Gasteiger partial charge is 0.201 e. The number of imidazole rings is 1. The lowest BCUT2D eigenvalue weighted by Gasteiger charge is -2.24. The third kappa shape index (κ3) is 3.89. The number of unbranched alkanes of at least 4 members (excludes halogenated alkanes) is 2. The Bertz CT molecular complexity index is 557. The molecule has 0 fully saturated rings. The average molecular weight is 274 g/mol. The number of anilines is 2. The average Bonchev–Trinajstić information content (AvgIpc) is 2.79. The van der Waals surface area contributed by atoms with E-state index in [0.717, 1.165) is 29.2 Å². The van der Waals surface area contributed by atoms with E-state index in [9.17, 15) is 0 Å². The second kappa shape index (κ2) is 6.16. The number of rotatable bonds is 7. The number of aromatic nitrogens is 2. The zero-order valence-corrected chi connectivity index (χ0v) is 12.8. The van der Waals surface area contributed by atoms with E-state index in [1.807, 2.05) is 18.2 Å². The van der Waals surface area contributed by atoms with Crippen molar-refractivity contribution in [2.45, 2.75) is 46.5 Å². The van der Waals surface area contributed by atoms with Gasteiger partial charge in [0, 0.05) is 12.2 Å². The van der Waals surface area contributed by atoms with Gasteiger partial charge in [-0.2, -0.15) is 0 Å². The first kappa shape index (κ1) is 14.7. The van der Waals surface area contributed by atoms with Crippen molar-refractivity contribution < 1.29 is 0 Å². The van der Waals surface area contributed by atoms with E-state index in [1.165, 1.54) is 25.7 Å². The van der Waals surface area contributed by atoms with Crippen molar-refractivity contribution in [3.8, 4) is 0 Å². The van der Waals surface area contributed by atoms with Crippen LogP contribution in [0.2, 0.25) is 0 Å². The summed E-state index contributed by atoms with van der Waals surface area (Å²) in [5.41, 5.74) is 8.75. The van der Waals surface area contributed by atoms with Gasteiger partial charge in [-0.3, -0.25) is 0 Å². The highest BCUT2D eigenvalue weighted by atomic mass is 15.1. The third-order valence-corrected chi connectivity index (χ3v) is 3.70. The number of nitrogen functional groups attached to an aromatic ring is 1. The Labute approximate surface area is 121 Å². The van der Waals surface area contributed by atoms with Crippen LogP contribution in [0.15, 0.2) is 18.2 Å². The standard InChI is InChI=1S/C16H26N4/c1-4-5-6-9-16(2,3)11-18-15-19-13-8-7-12(17)10-14(13)20-15/h7-8,10H,4-6,9,11,17H2,1-3H3,(H2,18,19,20). The van der Waals surface area contributed by atoms with Crippen LogP contribution in [0.1, 0.15) is 46.5 Å². The Hall–Kier alpha value is -1.71. The Balaban J connectivity index is 1.94. The van der Waals surface area contributed by atoms with E-state index in [2.05, 4.69) is 36.1 Å². The van der Waals surface area contributed by atoms with Crippen LogP contribution in [0.25, 0.3) is 11.0 Å². The van der Waals surface area contributed by atoms with E-state index >= 15 is 0 Å². The summed E-state index contributed by atoms with van der Waals surface area (Å²) in [6.07, 6.45) is 5.12. The van der Waals surface area contributed by atoms with Crippen LogP contribution < -0.4 is 11.1 Å². The molecule has 2 rings (SSSR count). The third-order valence-electron chi connectivity index (χ3n) is 3.70. The van der Waals surface area contributed by atoms with Crippen molar-refractivity contribution >= 4 is 22.7 Å². The zero-order chi connectivity index (χ0) is 14.6. The molecule has 1 heterocycles. The molecule has 0 unspecified atom stereocenters. The van der Waals surface area contributed by atoms with E-state index in [-0.39, 0.29) is 5.41 Å². The van der Waals surface area contributed by atoms with Crippen molar-refractivity contribution in [2.24, 2.45) is 5.41 Å². The minimum absolute atomic E-state index is 0.285. The van der Waals surface area contributed by atoms with Gasteiger partial charge in [-0.25, -0.2) is 4.98 Å². The van der Waals surface area contributed by atoms with Gasteiger partial charge in [0.15, 0.2) is 0 Å². The summed E-state index contributed by atoms with van der Waals surface area (Å²) < 4.78 is 0. The Morgan fingerprint density at radius 3 is 2.85 bits per heavy atom. The Morgan fingerprint density at radius 2 is 2.10 bits per heavy atom. The molecule has 0 aliphatic heterocycles. The summed E-state index contributed by atoms with van der Waals surface area (Å²) in [4.78, 5) is 7.81. The summed E-state index contributed by atoms with van der Waals surface area (Å²) in [5.74, 6) is 0.828. The van der Waals surface area contributed by atoms with Crippen molar-refractivity contribution in [3.63, 3.8) is 0 Å². The predicted molar refractivity (Wildman–Crippen MR) is 86.9 cm³/mol. The molecule has 0 atom stereocenters. The second-order valence-electron chi connectivity index (χ2n) is 6.34. The quantitative estimate of drug-likeness (QED) is 0.524. The molecule has 1 aromatic carbocycles. The molecule has 0 aliphatic carbocycles. The van der Waals surface area contributed by atoms with Gasteiger partial charge in [-0.1, -0.05) is 40.0 Å². The first-order chi connectivity index (χ1) is 9.50. The molecule has 1 aromatic heterocycles. The maximum atomic E-state index is 5.78. The van der Waals surface area contributed by atoms with Crippen LogP contribution in [-0.4, -0.2) is 16.5 Å². The van der Waals surface area contributed by atoms with Gasteiger partial charge in [0.05, 0.1) is 11.0 Å². The number of nitrogens with two attached hydrogens (primary N) is 1. The fraction of sp³-hybridized carbons (Fsp3) is 0.562. The molecule has 0 aliphatic rings. The lowest BCUT2D eigenvalue weighted by Crippen LogP contribution is -2.23. The molecule has 20 heavy (non-hydrogen) atoms. The van der Waals surface area contributed by atoms with Crippen molar-refractivity contribution in [2.75, 3.05) is 17.6 Å². The summed E-state index contributed by atoms with van der Waals surface area (Å²) in [6, 6.07) is 5.74. The summed E-state index contributed by atoms with van der Waals surface area (Å²) in [6.45, 7) is 7.77. The maximum Gasteiger partial charge on any atom is 0.201 e. The zero-order valence-electron chi connectivity index (χ0n) is 12.8. The predicted octanol–water partition coefficient (Wildman–Crippen LogP) is 4.16. The fourth-order valence-electron chi connectivity index (χ4n) is 2.38. The van der Waals surface area contributed by atoms with Crippen LogP contribution in [0, 0.1) is 5.41 Å². The Morgan fingerprint density at radius 1 is 1.30 bits per heavy atom. The second-order valence-corrected chi connectivity index (χ2v) is 6.34. The van der Waals surface area contributed by atoms with E-state index in [0.29, 0.717) is 0 Å². The van der Waals surface area contributed by atoms with Crippen LogP contribution in [-0.2, 0) is 0 Å². The number of nitrogens with one attached hydrogen (secondary N) is 2. The molecule has 0 radical (unpaired) electrons. The molecule has 4 nitrogen and oxygen atoms in total. The van der Waals surface area contributed by atoms with E-state index in [1.54, 1.807) is 0 Å². The van der Waals surface area contributed by atoms with Crippen molar-refractivity contribution in [1.82, 2.24) is 9.97 Å². The first-order valence-corrected chi connectivity index (χ1v) is 7.49. The summed E-state index contributed by atoms with van der Waals surface area (Å²) >= 11 is 0. The summed E-state index contributed by atoms with van der Waals surface area (Å²) in [7, 11) is 0. The number of nitrogens with zero attached hydrogens (tertiary/aromatic N) is 1. The van der Waals surface area contributed by atoms with Gasteiger partial charge in [0.25, 0.3) is 0 Å². The molecule has 0 amide bonds. The number of benzene rings is 1. The van der Waals surface area contributed by atoms with Crippen LogP contribution in [0.3, 0.4) is 0 Å². The Kier molecular flexibility index (Phi) is 4.53. The van der Waals surface area contributed by atoms with Gasteiger partial charge >= 0.3 is 0 Å². The van der Waals surface area contributed by atoms with Crippen molar-refractivity contribution in [1.29, 1.82) is 0 Å². The number of aromatic amines is 1. The first-order valence-electron chi connectivity index (χ1n) is 7.49. The maximum absolute atomic E-state index is 5.78. The molecule has 110 valence electrons. The van der Waals surface area contributed by atoms with Gasteiger partial charge in [0.1, 0.15) is 0 Å².